The number of carbonyl (C=O) groups excluding carboxylic acids is 2. The van der Waals surface area contributed by atoms with Gasteiger partial charge < -0.3 is 15.0 Å². The minimum atomic E-state index is -0.0587. The minimum Gasteiger partial charge on any atom is -0.375 e. The first-order chi connectivity index (χ1) is 12.8. The lowest BCUT2D eigenvalue weighted by atomic mass is 10.1. The van der Waals surface area contributed by atoms with Crippen molar-refractivity contribution in [3.8, 4) is 0 Å². The summed E-state index contributed by atoms with van der Waals surface area (Å²) in [7, 11) is 3.53. The van der Waals surface area contributed by atoms with Gasteiger partial charge in [0.15, 0.2) is 0 Å². The molecule has 0 spiro atoms. The first-order valence-corrected chi connectivity index (χ1v) is 9.68. The van der Waals surface area contributed by atoms with Crippen molar-refractivity contribution < 1.29 is 14.3 Å². The molecule has 0 aromatic carbocycles. The lowest BCUT2D eigenvalue weighted by Crippen LogP contribution is -2.47. The molecule has 8 nitrogen and oxygen atoms in total. The number of amides is 2. The molecule has 0 aliphatic carbocycles. The fraction of sp³-hybridized carbons (Fsp3) is 0.737. The fourth-order valence-electron chi connectivity index (χ4n) is 3.96. The fourth-order valence-corrected chi connectivity index (χ4v) is 3.96. The summed E-state index contributed by atoms with van der Waals surface area (Å²) < 4.78 is 7.76. The van der Waals surface area contributed by atoms with Gasteiger partial charge in [-0.15, -0.1) is 0 Å². The molecule has 8 heteroatoms. The third kappa shape index (κ3) is 5.07. The highest BCUT2D eigenvalue weighted by molar-refractivity contribution is 5.76. The third-order valence-corrected chi connectivity index (χ3v) is 5.41. The van der Waals surface area contributed by atoms with Crippen molar-refractivity contribution in [3.05, 3.63) is 17.5 Å². The molecule has 2 fully saturated rings. The Morgan fingerprint density at radius 2 is 2.11 bits per heavy atom. The number of hydrogen-bond donors (Lipinski definition) is 1. The van der Waals surface area contributed by atoms with Gasteiger partial charge in [-0.1, -0.05) is 0 Å². The maximum absolute atomic E-state index is 12.3. The van der Waals surface area contributed by atoms with Crippen LogP contribution < -0.4 is 5.32 Å². The first kappa shape index (κ1) is 19.8. The highest BCUT2D eigenvalue weighted by Crippen LogP contribution is 2.24. The van der Waals surface area contributed by atoms with E-state index < -0.39 is 0 Å². The first-order valence-electron chi connectivity index (χ1n) is 9.68. The second-order valence-electron chi connectivity index (χ2n) is 7.96. The number of aromatic nitrogens is 2. The van der Waals surface area contributed by atoms with Gasteiger partial charge in [0, 0.05) is 57.9 Å². The molecule has 1 aromatic heterocycles. The zero-order chi connectivity index (χ0) is 19.6. The largest absolute Gasteiger partial charge is 0.375 e. The van der Waals surface area contributed by atoms with Crippen LogP contribution in [-0.2, 0) is 20.9 Å². The van der Waals surface area contributed by atoms with E-state index in [1.165, 1.54) is 0 Å². The van der Waals surface area contributed by atoms with Gasteiger partial charge in [0.1, 0.15) is 0 Å². The van der Waals surface area contributed by atoms with E-state index in [-0.39, 0.29) is 24.0 Å². The number of fused-ring (bicyclic) bond motifs is 1. The van der Waals surface area contributed by atoms with Gasteiger partial charge in [-0.25, -0.2) is 0 Å². The lowest BCUT2D eigenvalue weighted by molar-refractivity contribution is -0.134. The Morgan fingerprint density at radius 3 is 2.78 bits per heavy atom. The standard InChI is InChI=1S/C19H31N5O3/c1-13-7-14(2)24(21-13)6-5-18(25)20-15-8-16-12-27-17(11-23(16)10-15)9-19(26)22(3)4/h7,15-17H,5-6,8-12H2,1-4H3,(H,20,25)/t15-,16-,17-/m0/s1. The van der Waals surface area contributed by atoms with Crippen molar-refractivity contribution in [1.29, 1.82) is 0 Å². The smallest absolute Gasteiger partial charge is 0.224 e. The van der Waals surface area contributed by atoms with Gasteiger partial charge >= 0.3 is 0 Å². The average molecular weight is 377 g/mol. The number of hydrogen-bond acceptors (Lipinski definition) is 5. The molecule has 2 amide bonds. The van der Waals surface area contributed by atoms with Crippen molar-refractivity contribution in [2.75, 3.05) is 33.8 Å². The Bertz CT molecular complexity index is 687. The molecular formula is C19H31N5O3. The van der Waals surface area contributed by atoms with E-state index in [0.29, 0.717) is 32.0 Å². The van der Waals surface area contributed by atoms with E-state index in [9.17, 15) is 9.59 Å². The Morgan fingerprint density at radius 1 is 1.33 bits per heavy atom. The van der Waals surface area contributed by atoms with Gasteiger partial charge in [-0.2, -0.15) is 5.10 Å². The predicted octanol–water partition coefficient (Wildman–Crippen LogP) is 0.326. The molecule has 3 heterocycles. The maximum atomic E-state index is 12.3. The summed E-state index contributed by atoms with van der Waals surface area (Å²) in [5.41, 5.74) is 2.05. The molecule has 27 heavy (non-hydrogen) atoms. The molecule has 0 radical (unpaired) electrons. The van der Waals surface area contributed by atoms with Crippen LogP contribution in [0.2, 0.25) is 0 Å². The number of carbonyl (C=O) groups is 2. The number of aryl methyl sites for hydroxylation is 3. The molecule has 1 aromatic rings. The second-order valence-corrected chi connectivity index (χ2v) is 7.96. The van der Waals surface area contributed by atoms with Crippen molar-refractivity contribution in [3.63, 3.8) is 0 Å². The zero-order valence-electron chi connectivity index (χ0n) is 16.8. The van der Waals surface area contributed by atoms with Crippen LogP contribution in [0.3, 0.4) is 0 Å². The average Bonchev–Trinajstić information content (AvgIpc) is 3.13. The molecule has 0 unspecified atom stereocenters. The predicted molar refractivity (Wildman–Crippen MR) is 101 cm³/mol. The van der Waals surface area contributed by atoms with E-state index in [1.807, 2.05) is 24.6 Å². The van der Waals surface area contributed by atoms with Crippen LogP contribution >= 0.6 is 0 Å². The maximum Gasteiger partial charge on any atom is 0.224 e. The Balaban J connectivity index is 1.43. The summed E-state index contributed by atoms with van der Waals surface area (Å²) in [4.78, 5) is 28.2. The monoisotopic (exact) mass is 377 g/mol. The summed E-state index contributed by atoms with van der Waals surface area (Å²) in [6, 6.07) is 2.50. The van der Waals surface area contributed by atoms with Crippen LogP contribution in [-0.4, -0.2) is 83.4 Å². The lowest BCUT2D eigenvalue weighted by Gasteiger charge is -2.35. The normalized spacial score (nSPS) is 25.3. The molecule has 2 saturated heterocycles. The molecule has 0 saturated carbocycles. The molecule has 1 N–H and O–H groups in total. The van der Waals surface area contributed by atoms with Crippen LogP contribution in [0.5, 0.6) is 0 Å². The highest BCUT2D eigenvalue weighted by atomic mass is 16.5. The van der Waals surface area contributed by atoms with E-state index in [2.05, 4.69) is 15.3 Å². The van der Waals surface area contributed by atoms with Crippen molar-refractivity contribution >= 4 is 11.8 Å². The number of nitrogens with zero attached hydrogens (tertiary/aromatic N) is 4. The highest BCUT2D eigenvalue weighted by Gasteiger charge is 2.38. The van der Waals surface area contributed by atoms with Crippen molar-refractivity contribution in [1.82, 2.24) is 24.9 Å². The zero-order valence-corrected chi connectivity index (χ0v) is 16.8. The summed E-state index contributed by atoms with van der Waals surface area (Å²) in [6.45, 7) is 6.77. The summed E-state index contributed by atoms with van der Waals surface area (Å²) in [5, 5.41) is 7.55. The number of ether oxygens (including phenoxy) is 1. The topological polar surface area (TPSA) is 79.7 Å². The summed E-state index contributed by atoms with van der Waals surface area (Å²) >= 11 is 0. The Labute approximate surface area is 160 Å². The van der Waals surface area contributed by atoms with Crippen molar-refractivity contribution in [2.24, 2.45) is 0 Å². The van der Waals surface area contributed by atoms with Gasteiger partial charge in [0.2, 0.25) is 11.8 Å². The van der Waals surface area contributed by atoms with Crippen molar-refractivity contribution in [2.45, 2.75) is 57.8 Å². The van der Waals surface area contributed by atoms with Gasteiger partial charge in [0.05, 0.1) is 24.8 Å². The number of morpholine rings is 1. The molecule has 3 atom stereocenters. The summed E-state index contributed by atoms with van der Waals surface area (Å²) in [6.07, 6.45) is 1.69. The molecular weight excluding hydrogens is 346 g/mol. The van der Waals surface area contributed by atoms with Crippen LogP contribution in [0.15, 0.2) is 6.07 Å². The molecule has 150 valence electrons. The summed E-state index contributed by atoms with van der Waals surface area (Å²) in [5.74, 6) is 0.152. The van der Waals surface area contributed by atoms with Crippen LogP contribution in [0.25, 0.3) is 0 Å². The quantitative estimate of drug-likeness (QED) is 0.773. The van der Waals surface area contributed by atoms with Crippen LogP contribution in [0.4, 0.5) is 0 Å². The minimum absolute atomic E-state index is 0.0587. The third-order valence-electron chi connectivity index (χ3n) is 5.41. The molecule has 0 bridgehead atoms. The van der Waals surface area contributed by atoms with Crippen LogP contribution in [0.1, 0.15) is 30.7 Å². The van der Waals surface area contributed by atoms with E-state index in [1.54, 1.807) is 19.0 Å². The van der Waals surface area contributed by atoms with Gasteiger partial charge in [-0.05, 0) is 26.3 Å². The second kappa shape index (κ2) is 8.39. The van der Waals surface area contributed by atoms with Gasteiger partial charge in [-0.3, -0.25) is 19.2 Å². The Kier molecular flexibility index (Phi) is 6.16. The van der Waals surface area contributed by atoms with E-state index in [4.69, 9.17) is 4.74 Å². The molecule has 3 rings (SSSR count). The number of rotatable bonds is 6. The van der Waals surface area contributed by atoms with E-state index in [0.717, 1.165) is 30.9 Å². The Hall–Kier alpha value is -1.93. The SMILES string of the molecule is Cc1cc(C)n(CCC(=O)N[C@H]2C[C@H]3CO[C@@H](CC(=O)N(C)C)CN3C2)n1. The number of nitrogens with one attached hydrogen (secondary N) is 1. The molecule has 2 aliphatic rings. The van der Waals surface area contributed by atoms with Crippen LogP contribution in [0, 0.1) is 13.8 Å². The van der Waals surface area contributed by atoms with Gasteiger partial charge in [0.25, 0.3) is 0 Å². The molecule has 2 aliphatic heterocycles. The van der Waals surface area contributed by atoms with E-state index >= 15 is 0 Å².